The summed E-state index contributed by atoms with van der Waals surface area (Å²) in [6.07, 6.45) is 1.67. The molecular weight excluding hydrogens is 252 g/mol. The van der Waals surface area contributed by atoms with Crippen molar-refractivity contribution in [3.05, 3.63) is 34.2 Å². The van der Waals surface area contributed by atoms with Gasteiger partial charge in [0, 0.05) is 10.6 Å². The average molecular weight is 267 g/mol. The minimum atomic E-state index is -0.124. The molecule has 2 rings (SSSR count). The number of aromatic nitrogens is 2. The number of methoxy groups -OCH3 is 1. The summed E-state index contributed by atoms with van der Waals surface area (Å²) in [5.74, 6) is 1.26. The van der Waals surface area contributed by atoms with Crippen LogP contribution in [0.1, 0.15) is 17.0 Å². The fourth-order valence-electron chi connectivity index (χ4n) is 1.99. The molecule has 0 aliphatic rings. The monoisotopic (exact) mass is 266 g/mol. The Morgan fingerprint density at radius 2 is 2.17 bits per heavy atom. The highest BCUT2D eigenvalue weighted by Crippen LogP contribution is 2.38. The fraction of sp³-hybridized carbons (Fsp3) is 0.308. The number of ether oxygens (including phenoxy) is 1. The van der Waals surface area contributed by atoms with Crippen molar-refractivity contribution in [2.75, 3.05) is 7.11 Å². The number of aromatic amines is 1. The predicted molar refractivity (Wildman–Crippen MR) is 71.0 cm³/mol. The van der Waals surface area contributed by atoms with Crippen molar-refractivity contribution in [2.24, 2.45) is 0 Å². The van der Waals surface area contributed by atoms with Gasteiger partial charge in [-0.15, -0.1) is 0 Å². The van der Waals surface area contributed by atoms with Crippen molar-refractivity contribution in [3.8, 4) is 17.0 Å². The maximum Gasteiger partial charge on any atom is 0.132 e. The number of nitrogens with one attached hydrogen (secondary N) is 1. The summed E-state index contributed by atoms with van der Waals surface area (Å²) in [5, 5.41) is 9.76. The van der Waals surface area contributed by atoms with E-state index in [-0.39, 0.29) is 6.61 Å². The van der Waals surface area contributed by atoms with Crippen LogP contribution in [0.5, 0.6) is 5.75 Å². The Bertz CT molecular complexity index is 579. The van der Waals surface area contributed by atoms with Gasteiger partial charge in [0.15, 0.2) is 0 Å². The van der Waals surface area contributed by atoms with Crippen LogP contribution in [-0.4, -0.2) is 22.2 Å². The molecule has 0 amide bonds. The van der Waals surface area contributed by atoms with Crippen LogP contribution in [0.15, 0.2) is 12.3 Å². The maximum atomic E-state index is 9.04. The van der Waals surface area contributed by atoms with Gasteiger partial charge in [0.2, 0.25) is 0 Å². The highest BCUT2D eigenvalue weighted by Gasteiger charge is 2.16. The largest absolute Gasteiger partial charge is 0.496 e. The van der Waals surface area contributed by atoms with E-state index in [4.69, 9.17) is 21.4 Å². The third-order valence-electron chi connectivity index (χ3n) is 2.91. The molecule has 0 unspecified atom stereocenters. The third kappa shape index (κ3) is 2.09. The zero-order chi connectivity index (χ0) is 13.3. The molecule has 0 bridgehead atoms. The quantitative estimate of drug-likeness (QED) is 0.898. The normalized spacial score (nSPS) is 10.7. The van der Waals surface area contributed by atoms with Gasteiger partial charge < -0.3 is 14.8 Å². The number of rotatable bonds is 3. The Hall–Kier alpha value is -1.52. The van der Waals surface area contributed by atoms with Gasteiger partial charge in [-0.25, -0.2) is 4.98 Å². The summed E-state index contributed by atoms with van der Waals surface area (Å²) in [4.78, 5) is 7.12. The van der Waals surface area contributed by atoms with E-state index in [0.717, 1.165) is 28.1 Å². The SMILES string of the molecule is COc1cc(C)c(Cl)c(C)c1-c1cnc(CO)[nH]1. The molecule has 1 aromatic carbocycles. The van der Waals surface area contributed by atoms with Gasteiger partial charge >= 0.3 is 0 Å². The lowest BCUT2D eigenvalue weighted by Gasteiger charge is -2.13. The van der Waals surface area contributed by atoms with E-state index >= 15 is 0 Å². The van der Waals surface area contributed by atoms with Crippen molar-refractivity contribution in [1.29, 1.82) is 0 Å². The lowest BCUT2D eigenvalue weighted by atomic mass is 10.0. The molecule has 0 atom stereocenters. The molecule has 0 aliphatic heterocycles. The number of hydrogen-bond acceptors (Lipinski definition) is 3. The van der Waals surface area contributed by atoms with Gasteiger partial charge in [0.25, 0.3) is 0 Å². The minimum absolute atomic E-state index is 0.124. The number of halogens is 1. The number of H-pyrrole nitrogens is 1. The van der Waals surface area contributed by atoms with Crippen LogP contribution in [0.3, 0.4) is 0 Å². The Morgan fingerprint density at radius 3 is 2.72 bits per heavy atom. The van der Waals surface area contributed by atoms with Gasteiger partial charge in [-0.1, -0.05) is 11.6 Å². The zero-order valence-corrected chi connectivity index (χ0v) is 11.3. The molecule has 2 N–H and O–H groups in total. The molecule has 4 nitrogen and oxygen atoms in total. The number of benzene rings is 1. The van der Waals surface area contributed by atoms with E-state index in [9.17, 15) is 0 Å². The van der Waals surface area contributed by atoms with Crippen molar-refractivity contribution >= 4 is 11.6 Å². The predicted octanol–water partition coefficient (Wildman–Crippen LogP) is 2.85. The molecule has 0 aliphatic carbocycles. The van der Waals surface area contributed by atoms with Crippen LogP contribution >= 0.6 is 11.6 Å². The summed E-state index contributed by atoms with van der Waals surface area (Å²) >= 11 is 6.26. The molecule has 1 aromatic heterocycles. The van der Waals surface area contributed by atoms with E-state index in [1.54, 1.807) is 13.3 Å². The molecule has 0 saturated heterocycles. The summed E-state index contributed by atoms with van der Waals surface area (Å²) in [6, 6.07) is 1.89. The molecule has 1 heterocycles. The number of hydrogen-bond donors (Lipinski definition) is 2. The maximum absolute atomic E-state index is 9.04. The first-order valence-electron chi connectivity index (χ1n) is 5.57. The number of aliphatic hydroxyl groups is 1. The van der Waals surface area contributed by atoms with Crippen LogP contribution < -0.4 is 4.74 Å². The van der Waals surface area contributed by atoms with Crippen LogP contribution in [0.4, 0.5) is 0 Å². The molecule has 0 radical (unpaired) electrons. The highest BCUT2D eigenvalue weighted by atomic mass is 35.5. The molecule has 0 saturated carbocycles. The van der Waals surface area contributed by atoms with Crippen molar-refractivity contribution in [2.45, 2.75) is 20.5 Å². The number of imidazole rings is 1. The smallest absolute Gasteiger partial charge is 0.132 e. The molecule has 0 fully saturated rings. The molecule has 2 aromatic rings. The Balaban J connectivity index is 2.65. The molecular formula is C13H15ClN2O2. The van der Waals surface area contributed by atoms with Crippen LogP contribution in [-0.2, 0) is 6.61 Å². The fourth-order valence-corrected chi connectivity index (χ4v) is 2.14. The zero-order valence-electron chi connectivity index (χ0n) is 10.5. The van der Waals surface area contributed by atoms with E-state index < -0.39 is 0 Å². The average Bonchev–Trinajstić information content (AvgIpc) is 2.83. The Labute approximate surface area is 111 Å². The number of aryl methyl sites for hydroxylation is 1. The van der Waals surface area contributed by atoms with Crippen LogP contribution in [0.2, 0.25) is 5.02 Å². The van der Waals surface area contributed by atoms with Gasteiger partial charge in [0.1, 0.15) is 18.2 Å². The summed E-state index contributed by atoms with van der Waals surface area (Å²) in [6.45, 7) is 3.75. The van der Waals surface area contributed by atoms with Crippen molar-refractivity contribution < 1.29 is 9.84 Å². The van der Waals surface area contributed by atoms with Gasteiger partial charge in [-0.3, -0.25) is 0 Å². The Morgan fingerprint density at radius 1 is 1.44 bits per heavy atom. The lowest BCUT2D eigenvalue weighted by molar-refractivity contribution is 0.272. The summed E-state index contributed by atoms with van der Waals surface area (Å²) < 4.78 is 5.39. The van der Waals surface area contributed by atoms with E-state index in [2.05, 4.69) is 9.97 Å². The second-order valence-electron chi connectivity index (χ2n) is 4.11. The molecule has 18 heavy (non-hydrogen) atoms. The summed E-state index contributed by atoms with van der Waals surface area (Å²) in [7, 11) is 1.62. The van der Waals surface area contributed by atoms with Crippen molar-refractivity contribution in [3.63, 3.8) is 0 Å². The van der Waals surface area contributed by atoms with Gasteiger partial charge in [0.05, 0.1) is 19.0 Å². The number of nitrogens with zero attached hydrogens (tertiary/aromatic N) is 1. The highest BCUT2D eigenvalue weighted by molar-refractivity contribution is 6.32. The first-order chi connectivity index (χ1) is 8.58. The summed E-state index contributed by atoms with van der Waals surface area (Å²) in [5.41, 5.74) is 3.56. The van der Waals surface area contributed by atoms with E-state index in [1.165, 1.54) is 0 Å². The second-order valence-corrected chi connectivity index (χ2v) is 4.49. The minimum Gasteiger partial charge on any atom is -0.496 e. The second kappa shape index (κ2) is 5.00. The molecule has 96 valence electrons. The topological polar surface area (TPSA) is 58.1 Å². The standard InChI is InChI=1S/C13H15ClN2O2/c1-7-4-10(18-3)12(8(2)13(7)14)9-5-15-11(6-17)16-9/h4-5,17H,6H2,1-3H3,(H,15,16). The molecule has 0 spiro atoms. The first-order valence-corrected chi connectivity index (χ1v) is 5.95. The van der Waals surface area contributed by atoms with Crippen LogP contribution in [0, 0.1) is 13.8 Å². The Kier molecular flexibility index (Phi) is 3.59. The van der Waals surface area contributed by atoms with Gasteiger partial charge in [-0.05, 0) is 31.0 Å². The van der Waals surface area contributed by atoms with Crippen LogP contribution in [0.25, 0.3) is 11.3 Å². The van der Waals surface area contributed by atoms with Gasteiger partial charge in [-0.2, -0.15) is 0 Å². The number of aliphatic hydroxyl groups excluding tert-OH is 1. The third-order valence-corrected chi connectivity index (χ3v) is 3.49. The van der Waals surface area contributed by atoms with E-state index in [1.807, 2.05) is 19.9 Å². The van der Waals surface area contributed by atoms with Crippen molar-refractivity contribution in [1.82, 2.24) is 9.97 Å². The molecule has 5 heteroatoms. The van der Waals surface area contributed by atoms with E-state index in [0.29, 0.717) is 10.8 Å². The first kappa shape index (κ1) is 12.9. The lowest BCUT2D eigenvalue weighted by Crippen LogP contribution is -1.95.